The molecule has 0 aromatic carbocycles. The molecule has 2 atom stereocenters. The van der Waals surface area contributed by atoms with Crippen molar-refractivity contribution in [2.75, 3.05) is 47.5 Å². The van der Waals surface area contributed by atoms with Crippen LogP contribution in [0.25, 0.3) is 0 Å². The maximum atomic E-state index is 12.9. The zero-order valence-corrected chi connectivity index (χ0v) is 51.8. The SMILES string of the molecule is CC/C=C\C/C=C\C/C=C\C/C=C\C/C=C\CCCCCCCCCCCCCCCC(=O)OC(COC(=O)CCCCCCCCCCCCCCCCCCCCCCCCCC)COC(OCC[N+](C)(C)C)C(=O)O. The van der Waals surface area contributed by atoms with Crippen LogP contribution in [0.1, 0.15) is 303 Å². The van der Waals surface area contributed by atoms with Crippen LogP contribution < -0.4 is 0 Å². The number of hydrogen-bond acceptors (Lipinski definition) is 7. The fraction of sp³-hybridized carbons (Fsp3) is 0.812. The first kappa shape index (κ1) is 75.0. The van der Waals surface area contributed by atoms with Gasteiger partial charge in [0, 0.05) is 12.8 Å². The molecule has 0 saturated heterocycles. The number of ether oxygens (including phenoxy) is 4. The molecule has 0 aliphatic carbocycles. The van der Waals surface area contributed by atoms with Crippen molar-refractivity contribution in [3.8, 4) is 0 Å². The Morgan fingerprint density at radius 1 is 0.397 bits per heavy atom. The summed E-state index contributed by atoms with van der Waals surface area (Å²) in [5.41, 5.74) is 0. The summed E-state index contributed by atoms with van der Waals surface area (Å²) in [5.74, 6) is -1.99. The second kappa shape index (κ2) is 60.1. The molecule has 0 saturated carbocycles. The Hall–Kier alpha value is -3.01. The number of carboxylic acid groups (broad SMARTS) is 1. The van der Waals surface area contributed by atoms with Gasteiger partial charge in [-0.25, -0.2) is 4.79 Å². The van der Waals surface area contributed by atoms with Crippen LogP contribution in [0, 0.1) is 0 Å². The molecule has 0 heterocycles. The number of hydrogen-bond donors (Lipinski definition) is 1. The van der Waals surface area contributed by atoms with Gasteiger partial charge in [0.25, 0.3) is 6.29 Å². The van der Waals surface area contributed by atoms with Gasteiger partial charge in [0.2, 0.25) is 0 Å². The fourth-order valence-electron chi connectivity index (χ4n) is 9.51. The van der Waals surface area contributed by atoms with Crippen LogP contribution in [-0.2, 0) is 33.3 Å². The maximum Gasteiger partial charge on any atom is 0.361 e. The molecule has 0 bridgehead atoms. The molecule has 2 unspecified atom stereocenters. The largest absolute Gasteiger partial charge is 0.477 e. The van der Waals surface area contributed by atoms with Gasteiger partial charge in [0.15, 0.2) is 6.10 Å². The summed E-state index contributed by atoms with van der Waals surface area (Å²) in [6.45, 7) is 4.81. The first-order chi connectivity index (χ1) is 38.1. The third-order valence-corrected chi connectivity index (χ3v) is 14.5. The number of esters is 2. The van der Waals surface area contributed by atoms with Gasteiger partial charge in [-0.1, -0.05) is 293 Å². The topological polar surface area (TPSA) is 108 Å². The lowest BCUT2D eigenvalue weighted by molar-refractivity contribution is -0.870. The number of carboxylic acids is 1. The third-order valence-electron chi connectivity index (χ3n) is 14.5. The highest BCUT2D eigenvalue weighted by Gasteiger charge is 2.25. The Morgan fingerprint density at radius 2 is 0.731 bits per heavy atom. The van der Waals surface area contributed by atoms with Crippen LogP contribution in [0.4, 0.5) is 0 Å². The quantitative estimate of drug-likeness (QED) is 0.0211. The van der Waals surface area contributed by atoms with E-state index in [0.29, 0.717) is 17.4 Å². The monoisotopic (exact) mass is 1100 g/mol. The van der Waals surface area contributed by atoms with Crippen LogP contribution >= 0.6 is 0 Å². The Morgan fingerprint density at radius 3 is 1.09 bits per heavy atom. The molecule has 0 aliphatic rings. The minimum absolute atomic E-state index is 0.180. The van der Waals surface area contributed by atoms with Gasteiger partial charge in [-0.05, 0) is 57.8 Å². The first-order valence-corrected chi connectivity index (χ1v) is 33.0. The van der Waals surface area contributed by atoms with E-state index < -0.39 is 24.3 Å². The van der Waals surface area contributed by atoms with Crippen LogP contribution in [0.15, 0.2) is 60.8 Å². The Kier molecular flexibility index (Phi) is 57.8. The van der Waals surface area contributed by atoms with E-state index in [1.54, 1.807) is 0 Å². The molecule has 0 spiro atoms. The van der Waals surface area contributed by atoms with E-state index in [4.69, 9.17) is 18.9 Å². The summed E-state index contributed by atoms with van der Waals surface area (Å²) in [4.78, 5) is 37.6. The highest BCUT2D eigenvalue weighted by Crippen LogP contribution is 2.18. The summed E-state index contributed by atoms with van der Waals surface area (Å²) >= 11 is 0. The normalized spacial score (nSPS) is 13.1. The Bertz CT molecular complexity index is 1460. The molecule has 0 aromatic heterocycles. The molecular weight excluding hydrogens is 971 g/mol. The van der Waals surface area contributed by atoms with E-state index in [-0.39, 0.29) is 32.2 Å². The van der Waals surface area contributed by atoms with Gasteiger partial charge in [-0.15, -0.1) is 0 Å². The third kappa shape index (κ3) is 60.6. The smallest absolute Gasteiger partial charge is 0.361 e. The van der Waals surface area contributed by atoms with Gasteiger partial charge < -0.3 is 28.5 Å². The lowest BCUT2D eigenvalue weighted by Crippen LogP contribution is -2.40. The number of carbonyl (C=O) groups is 3. The van der Waals surface area contributed by atoms with Crippen molar-refractivity contribution < 1.29 is 42.9 Å². The molecular formula is C69H126NO8+. The molecule has 0 rings (SSSR count). The van der Waals surface area contributed by atoms with Crippen molar-refractivity contribution in [1.29, 1.82) is 0 Å². The molecule has 0 amide bonds. The van der Waals surface area contributed by atoms with Gasteiger partial charge in [0.1, 0.15) is 13.2 Å². The van der Waals surface area contributed by atoms with Crippen molar-refractivity contribution in [2.45, 2.75) is 315 Å². The number of nitrogens with zero attached hydrogens (tertiary/aromatic N) is 1. The molecule has 0 fully saturated rings. The number of likely N-dealkylation sites (N-methyl/N-ethyl adjacent to an activating group) is 1. The maximum absolute atomic E-state index is 12.9. The molecule has 1 N–H and O–H groups in total. The minimum atomic E-state index is -1.51. The highest BCUT2D eigenvalue weighted by atomic mass is 16.7. The first-order valence-electron chi connectivity index (χ1n) is 33.0. The van der Waals surface area contributed by atoms with Crippen molar-refractivity contribution >= 4 is 17.9 Å². The van der Waals surface area contributed by atoms with Crippen LogP contribution in [0.2, 0.25) is 0 Å². The second-order valence-electron chi connectivity index (χ2n) is 23.4. The number of rotatable bonds is 61. The zero-order chi connectivity index (χ0) is 56.9. The average molecular weight is 1100 g/mol. The van der Waals surface area contributed by atoms with Crippen LogP contribution in [0.3, 0.4) is 0 Å². The number of carbonyl (C=O) groups excluding carboxylic acids is 2. The Balaban J connectivity index is 4.14. The molecule has 78 heavy (non-hydrogen) atoms. The van der Waals surface area contributed by atoms with Crippen molar-refractivity contribution in [3.63, 3.8) is 0 Å². The minimum Gasteiger partial charge on any atom is -0.477 e. The van der Waals surface area contributed by atoms with E-state index in [1.165, 1.54) is 205 Å². The molecule has 0 radical (unpaired) electrons. The van der Waals surface area contributed by atoms with E-state index in [0.717, 1.165) is 70.6 Å². The number of allylic oxidation sites excluding steroid dienone is 10. The van der Waals surface area contributed by atoms with Crippen molar-refractivity contribution in [1.82, 2.24) is 0 Å². The van der Waals surface area contributed by atoms with E-state index >= 15 is 0 Å². The van der Waals surface area contributed by atoms with Crippen LogP contribution in [-0.4, -0.2) is 87.4 Å². The second-order valence-corrected chi connectivity index (χ2v) is 23.4. The predicted octanol–water partition coefficient (Wildman–Crippen LogP) is 20.0. The lowest BCUT2D eigenvalue weighted by Gasteiger charge is -2.25. The van der Waals surface area contributed by atoms with Crippen molar-refractivity contribution in [2.24, 2.45) is 0 Å². The van der Waals surface area contributed by atoms with Crippen molar-refractivity contribution in [3.05, 3.63) is 60.8 Å². The van der Waals surface area contributed by atoms with Gasteiger partial charge in [-0.3, -0.25) is 9.59 Å². The van der Waals surface area contributed by atoms with Gasteiger partial charge >= 0.3 is 17.9 Å². The summed E-state index contributed by atoms with van der Waals surface area (Å²) in [6.07, 6.45) is 74.6. The van der Waals surface area contributed by atoms with Crippen LogP contribution in [0.5, 0.6) is 0 Å². The van der Waals surface area contributed by atoms with Gasteiger partial charge in [-0.2, -0.15) is 0 Å². The highest BCUT2D eigenvalue weighted by molar-refractivity contribution is 5.71. The molecule has 454 valence electrons. The standard InChI is InChI=1S/C69H125NO8/c1-6-8-10-12-14-16-18-20-22-24-26-28-30-32-33-34-35-36-38-40-42-44-46-48-50-52-54-56-58-60-67(72)78-65(64-77-69(68(73)74)75-62-61-70(3,4)5)63-76-66(71)59-57-55-53-51-49-47-45-43-41-39-37-31-29-27-25-23-21-19-17-15-13-11-9-7-2/h8,10,14,16,20,22,26,28,32-33,65,69H,6-7,9,11-13,15,17-19,21,23-25,27,29-31,34-64H2,1-5H3/p+1/b10-8-,16-14-,22-20-,28-26-,33-32-. The number of aliphatic carboxylic acids is 1. The zero-order valence-electron chi connectivity index (χ0n) is 51.8. The summed E-state index contributed by atoms with van der Waals surface area (Å²) in [7, 11) is 5.98. The predicted molar refractivity (Wildman–Crippen MR) is 332 cm³/mol. The van der Waals surface area contributed by atoms with E-state index in [9.17, 15) is 19.5 Å². The molecule has 0 aromatic rings. The van der Waals surface area contributed by atoms with Gasteiger partial charge in [0.05, 0.1) is 34.4 Å². The fourth-order valence-corrected chi connectivity index (χ4v) is 9.51. The molecule has 0 aliphatic heterocycles. The molecule has 9 nitrogen and oxygen atoms in total. The average Bonchev–Trinajstić information content (AvgIpc) is 3.41. The Labute approximate surface area is 482 Å². The van der Waals surface area contributed by atoms with E-state index in [2.05, 4.69) is 74.6 Å². The number of quaternary nitrogens is 1. The summed E-state index contributed by atoms with van der Waals surface area (Å²) in [5, 5.41) is 9.73. The molecule has 9 heteroatoms. The summed E-state index contributed by atoms with van der Waals surface area (Å²) in [6, 6.07) is 0. The summed E-state index contributed by atoms with van der Waals surface area (Å²) < 4.78 is 23.0. The number of unbranched alkanes of at least 4 members (excludes halogenated alkanes) is 36. The lowest BCUT2D eigenvalue weighted by atomic mass is 10.0. The van der Waals surface area contributed by atoms with E-state index in [1.807, 2.05) is 21.1 Å².